The van der Waals surface area contributed by atoms with E-state index in [0.717, 1.165) is 22.5 Å². The lowest BCUT2D eigenvalue weighted by atomic mass is 9.88. The summed E-state index contributed by atoms with van der Waals surface area (Å²) < 4.78 is 17.0. The molecule has 1 aromatic heterocycles. The second-order valence-electron chi connectivity index (χ2n) is 12.5. The number of rotatable bonds is 7. The Morgan fingerprint density at radius 3 is 2.45 bits per heavy atom. The van der Waals surface area contributed by atoms with Crippen molar-refractivity contribution in [2.24, 2.45) is 0 Å². The van der Waals surface area contributed by atoms with Crippen molar-refractivity contribution in [1.29, 1.82) is 0 Å². The van der Waals surface area contributed by atoms with Crippen molar-refractivity contribution in [2.45, 2.75) is 70.7 Å². The van der Waals surface area contributed by atoms with Crippen LogP contribution in [0.2, 0.25) is 0 Å². The average Bonchev–Trinajstić information content (AvgIpc) is 3.16. The predicted octanol–water partition coefficient (Wildman–Crippen LogP) is 4.40. The summed E-state index contributed by atoms with van der Waals surface area (Å²) in [6.45, 7) is 14.0. The third-order valence-corrected chi connectivity index (χ3v) is 7.66. The van der Waals surface area contributed by atoms with Gasteiger partial charge in [-0.2, -0.15) is 0 Å². The van der Waals surface area contributed by atoms with Gasteiger partial charge in [0.15, 0.2) is 0 Å². The van der Waals surface area contributed by atoms with Gasteiger partial charge in [0.2, 0.25) is 5.91 Å². The minimum absolute atomic E-state index is 0.0108. The highest BCUT2D eigenvalue weighted by Crippen LogP contribution is 2.42. The van der Waals surface area contributed by atoms with E-state index in [1.807, 2.05) is 75.2 Å². The smallest absolute Gasteiger partial charge is 0.410 e. The van der Waals surface area contributed by atoms with Crippen LogP contribution in [0, 0.1) is 0 Å². The number of fused-ring (bicyclic) bond motifs is 1. The molecule has 1 saturated heterocycles. The predicted molar refractivity (Wildman–Crippen MR) is 155 cm³/mol. The average molecular weight is 553 g/mol. The van der Waals surface area contributed by atoms with Gasteiger partial charge in [-0.3, -0.25) is 14.7 Å². The Morgan fingerprint density at radius 2 is 1.82 bits per heavy atom. The van der Waals surface area contributed by atoms with Crippen LogP contribution in [0.5, 0.6) is 0 Å². The molecule has 0 saturated carbocycles. The van der Waals surface area contributed by atoms with Gasteiger partial charge in [-0.05, 0) is 39.3 Å². The molecule has 1 fully saturated rings. The first-order chi connectivity index (χ1) is 18.8. The lowest BCUT2D eigenvalue weighted by molar-refractivity contribution is -0.121. The molecule has 0 bridgehead atoms. The Kier molecular flexibility index (Phi) is 8.87. The Hall–Kier alpha value is -3.01. The van der Waals surface area contributed by atoms with Crippen LogP contribution in [-0.2, 0) is 24.4 Å². The number of anilines is 1. The van der Waals surface area contributed by atoms with Gasteiger partial charge in [-0.25, -0.2) is 4.79 Å². The maximum atomic E-state index is 13.9. The zero-order valence-corrected chi connectivity index (χ0v) is 25.1. The van der Waals surface area contributed by atoms with Gasteiger partial charge in [-0.1, -0.05) is 44.2 Å². The van der Waals surface area contributed by atoms with Crippen molar-refractivity contribution >= 4 is 17.7 Å². The van der Waals surface area contributed by atoms with Gasteiger partial charge in [0.25, 0.3) is 0 Å². The van der Waals surface area contributed by atoms with Gasteiger partial charge < -0.3 is 24.0 Å². The number of methoxy groups -OCH3 is 2. The van der Waals surface area contributed by atoms with Crippen molar-refractivity contribution in [2.75, 3.05) is 51.9 Å². The molecule has 3 atom stereocenters. The fourth-order valence-electron chi connectivity index (χ4n) is 5.68. The van der Waals surface area contributed by atoms with Crippen LogP contribution < -0.4 is 4.90 Å². The van der Waals surface area contributed by atoms with Gasteiger partial charge in [0, 0.05) is 57.1 Å². The number of carbonyl (C=O) groups is 2. The molecule has 9 nitrogen and oxygen atoms in total. The molecule has 1 unspecified atom stereocenters. The summed E-state index contributed by atoms with van der Waals surface area (Å²) in [5.41, 5.74) is 2.88. The number of amides is 2. The third-order valence-electron chi connectivity index (χ3n) is 7.66. The van der Waals surface area contributed by atoms with Gasteiger partial charge in [0.05, 0.1) is 30.6 Å². The van der Waals surface area contributed by atoms with Crippen LogP contribution in [0.4, 0.5) is 10.5 Å². The van der Waals surface area contributed by atoms with E-state index in [1.165, 1.54) is 0 Å². The number of pyridine rings is 1. The zero-order chi connectivity index (χ0) is 29.2. The second-order valence-corrected chi connectivity index (χ2v) is 12.5. The maximum Gasteiger partial charge on any atom is 0.410 e. The van der Waals surface area contributed by atoms with Crippen molar-refractivity contribution in [3.05, 3.63) is 59.4 Å². The van der Waals surface area contributed by atoms with E-state index in [0.29, 0.717) is 26.2 Å². The van der Waals surface area contributed by atoms with Crippen LogP contribution >= 0.6 is 0 Å². The number of piperazine rings is 1. The Labute approximate surface area is 238 Å². The van der Waals surface area contributed by atoms with Gasteiger partial charge in [-0.15, -0.1) is 0 Å². The van der Waals surface area contributed by atoms with Gasteiger partial charge in [0.1, 0.15) is 11.7 Å². The fourth-order valence-corrected chi connectivity index (χ4v) is 5.68. The Bertz CT molecular complexity index is 1200. The number of carbonyl (C=O) groups excluding carboxylic acids is 2. The Morgan fingerprint density at radius 1 is 1.12 bits per heavy atom. The highest BCUT2D eigenvalue weighted by atomic mass is 16.6. The number of nitrogens with zero attached hydrogens (tertiary/aromatic N) is 4. The van der Waals surface area contributed by atoms with E-state index in [2.05, 4.69) is 18.7 Å². The minimum atomic E-state index is -0.577. The number of hydrogen-bond acceptors (Lipinski definition) is 7. The quantitative estimate of drug-likeness (QED) is 0.504. The van der Waals surface area contributed by atoms with Crippen LogP contribution in [0.15, 0.2) is 42.6 Å². The number of ether oxygens (including phenoxy) is 3. The van der Waals surface area contributed by atoms with Crippen LogP contribution in [0.3, 0.4) is 0 Å². The first kappa shape index (κ1) is 30.0. The molecule has 1 aromatic carbocycles. The van der Waals surface area contributed by atoms with Crippen molar-refractivity contribution < 1.29 is 23.8 Å². The first-order valence-corrected chi connectivity index (χ1v) is 14.0. The summed E-state index contributed by atoms with van der Waals surface area (Å²) in [6, 6.07) is 11.7. The molecule has 2 aromatic rings. The van der Waals surface area contributed by atoms with Crippen LogP contribution in [-0.4, -0.2) is 91.5 Å². The van der Waals surface area contributed by atoms with Crippen LogP contribution in [0.25, 0.3) is 0 Å². The van der Waals surface area contributed by atoms with E-state index in [-0.39, 0.29) is 42.1 Å². The summed E-state index contributed by atoms with van der Waals surface area (Å²) >= 11 is 0. The molecular formula is C31H44N4O5. The molecule has 0 radical (unpaired) electrons. The maximum absolute atomic E-state index is 13.9. The summed E-state index contributed by atoms with van der Waals surface area (Å²) in [5.74, 6) is 0.0108. The molecule has 9 heteroatoms. The molecule has 3 heterocycles. The van der Waals surface area contributed by atoms with Crippen molar-refractivity contribution in [1.82, 2.24) is 14.8 Å². The zero-order valence-electron chi connectivity index (χ0n) is 25.1. The highest BCUT2D eigenvalue weighted by molar-refractivity contribution is 5.97. The summed E-state index contributed by atoms with van der Waals surface area (Å²) in [6.07, 6.45) is 1.22. The number of hydrogen-bond donors (Lipinski definition) is 0. The lowest BCUT2D eigenvalue weighted by Crippen LogP contribution is -2.62. The van der Waals surface area contributed by atoms with Gasteiger partial charge >= 0.3 is 6.09 Å². The van der Waals surface area contributed by atoms with E-state index >= 15 is 0 Å². The highest BCUT2D eigenvalue weighted by Gasteiger charge is 2.42. The van der Waals surface area contributed by atoms with E-state index < -0.39 is 5.60 Å². The monoisotopic (exact) mass is 552 g/mol. The molecule has 4 rings (SSSR count). The lowest BCUT2D eigenvalue weighted by Gasteiger charge is -2.45. The van der Waals surface area contributed by atoms with Crippen molar-refractivity contribution in [3.8, 4) is 0 Å². The molecule has 0 spiro atoms. The summed E-state index contributed by atoms with van der Waals surface area (Å²) in [4.78, 5) is 37.3. The topological polar surface area (TPSA) is 84.4 Å². The molecule has 0 aliphatic carbocycles. The third kappa shape index (κ3) is 6.48. The molecule has 0 N–H and O–H groups in total. The van der Waals surface area contributed by atoms with E-state index in [9.17, 15) is 9.59 Å². The molecule has 218 valence electrons. The van der Waals surface area contributed by atoms with E-state index in [1.54, 1.807) is 19.1 Å². The molecule has 2 aliphatic heterocycles. The standard InChI is InChI=1S/C31H44N4O5/c1-21-16-33(23(19-38-7)17-34(21)29(37)40-30(2,3)4)18-27(36)35-20-31(5,6)24-15-32-25(14-26(24)35)28(39-8)22-12-10-9-11-13-22/h9-15,21,23,28H,16-20H2,1-8H3/t21-,23-,28?/m1/s1. The molecule has 2 aliphatic rings. The molecule has 2 amide bonds. The molecular weight excluding hydrogens is 508 g/mol. The number of aromatic nitrogens is 1. The molecule has 40 heavy (non-hydrogen) atoms. The minimum Gasteiger partial charge on any atom is -0.444 e. The first-order valence-electron chi connectivity index (χ1n) is 14.0. The normalized spacial score (nSPS) is 21.7. The van der Waals surface area contributed by atoms with Crippen LogP contribution in [0.1, 0.15) is 64.5 Å². The number of benzene rings is 1. The van der Waals surface area contributed by atoms with Crippen molar-refractivity contribution in [3.63, 3.8) is 0 Å². The second kappa shape index (κ2) is 11.8. The van der Waals surface area contributed by atoms with E-state index in [4.69, 9.17) is 19.2 Å². The summed E-state index contributed by atoms with van der Waals surface area (Å²) in [7, 11) is 3.32. The largest absolute Gasteiger partial charge is 0.444 e. The summed E-state index contributed by atoms with van der Waals surface area (Å²) in [5, 5.41) is 0. The fraction of sp³-hybridized carbons (Fsp3) is 0.581. The SMILES string of the molecule is COC[C@H]1CN(C(=O)OC(C)(C)C)[C@H](C)CN1CC(=O)N1CC(C)(C)c2cnc(C(OC)c3ccccc3)cc21. The Balaban J connectivity index is 1.56.